The van der Waals surface area contributed by atoms with E-state index in [4.69, 9.17) is 0 Å². The van der Waals surface area contributed by atoms with E-state index in [1.165, 1.54) is 11.9 Å². The third kappa shape index (κ3) is 7.81. The van der Waals surface area contributed by atoms with Gasteiger partial charge in [-0.25, -0.2) is 0 Å². The van der Waals surface area contributed by atoms with E-state index in [0.717, 1.165) is 0 Å². The van der Waals surface area contributed by atoms with Gasteiger partial charge >= 0.3 is 6.18 Å². The highest BCUT2D eigenvalue weighted by atomic mass is 19.4. The quantitative estimate of drug-likeness (QED) is 0.644. The molecule has 0 unspecified atom stereocenters. The first-order chi connectivity index (χ1) is 5.31. The van der Waals surface area contributed by atoms with Crippen molar-refractivity contribution in [1.82, 2.24) is 9.80 Å². The van der Waals surface area contributed by atoms with E-state index in [1.807, 2.05) is 19.0 Å². The third-order valence-corrected chi connectivity index (χ3v) is 1.38. The summed E-state index contributed by atoms with van der Waals surface area (Å²) < 4.78 is 35.3. The smallest absolute Gasteiger partial charge is 0.308 e. The Kier molecular flexibility index (Phi) is 4.55. The van der Waals surface area contributed by atoms with Crippen LogP contribution in [-0.4, -0.2) is 56.8 Å². The average molecular weight is 184 g/mol. The van der Waals surface area contributed by atoms with Gasteiger partial charge in [0.25, 0.3) is 0 Å². The molecule has 0 fully saturated rings. The van der Waals surface area contributed by atoms with E-state index in [2.05, 4.69) is 0 Å². The molecule has 0 bridgehead atoms. The largest absolute Gasteiger partial charge is 0.401 e. The third-order valence-electron chi connectivity index (χ3n) is 1.38. The second kappa shape index (κ2) is 4.67. The summed E-state index contributed by atoms with van der Waals surface area (Å²) >= 11 is 0. The number of rotatable bonds is 4. The van der Waals surface area contributed by atoms with Gasteiger partial charge in [-0.2, -0.15) is 13.2 Å². The van der Waals surface area contributed by atoms with Crippen LogP contribution < -0.4 is 0 Å². The first-order valence-electron chi connectivity index (χ1n) is 3.71. The molecular weight excluding hydrogens is 169 g/mol. The van der Waals surface area contributed by atoms with Crippen LogP contribution in [0.1, 0.15) is 0 Å². The molecule has 0 N–H and O–H groups in total. The van der Waals surface area contributed by atoms with E-state index in [-0.39, 0.29) is 0 Å². The maximum atomic E-state index is 11.8. The summed E-state index contributed by atoms with van der Waals surface area (Å²) in [7, 11) is 5.14. The minimum Gasteiger partial charge on any atom is -0.308 e. The van der Waals surface area contributed by atoms with Crippen molar-refractivity contribution >= 4 is 0 Å². The van der Waals surface area contributed by atoms with Gasteiger partial charge in [0.2, 0.25) is 0 Å². The van der Waals surface area contributed by atoms with E-state index < -0.39 is 12.7 Å². The van der Waals surface area contributed by atoms with E-state index in [1.54, 1.807) is 0 Å². The molecule has 5 heteroatoms. The van der Waals surface area contributed by atoms with Crippen LogP contribution in [0.25, 0.3) is 0 Å². The van der Waals surface area contributed by atoms with Crippen LogP contribution in [0.5, 0.6) is 0 Å². The summed E-state index contributed by atoms with van der Waals surface area (Å²) in [6.45, 7) is 0.250. The molecular formula is C7H15F3N2. The molecule has 0 saturated heterocycles. The summed E-state index contributed by atoms with van der Waals surface area (Å²) in [4.78, 5) is 3.12. The molecule has 0 aromatic heterocycles. The Hall–Kier alpha value is -0.290. The molecule has 0 amide bonds. The monoisotopic (exact) mass is 184 g/mol. The van der Waals surface area contributed by atoms with Gasteiger partial charge in [0.1, 0.15) is 0 Å². The number of halogens is 3. The molecule has 0 aromatic rings. The van der Waals surface area contributed by atoms with E-state index in [0.29, 0.717) is 13.1 Å². The lowest BCUT2D eigenvalue weighted by Crippen LogP contribution is -2.35. The fourth-order valence-electron chi connectivity index (χ4n) is 0.756. The van der Waals surface area contributed by atoms with Crippen LogP contribution in [0.2, 0.25) is 0 Å². The maximum absolute atomic E-state index is 11.8. The van der Waals surface area contributed by atoms with Gasteiger partial charge in [-0.15, -0.1) is 0 Å². The van der Waals surface area contributed by atoms with Crippen molar-refractivity contribution in [2.24, 2.45) is 0 Å². The fraction of sp³-hybridized carbons (Fsp3) is 1.00. The summed E-state index contributed by atoms with van der Waals surface area (Å²) in [5.74, 6) is 0. The lowest BCUT2D eigenvalue weighted by Gasteiger charge is -2.20. The van der Waals surface area contributed by atoms with Crippen molar-refractivity contribution in [3.8, 4) is 0 Å². The highest BCUT2D eigenvalue weighted by molar-refractivity contribution is 4.59. The first kappa shape index (κ1) is 11.7. The SMILES string of the molecule is CN(C)CCN(C)CC(F)(F)F. The molecule has 12 heavy (non-hydrogen) atoms. The summed E-state index contributed by atoms with van der Waals surface area (Å²) in [5, 5.41) is 0. The molecule has 0 atom stereocenters. The van der Waals surface area contributed by atoms with Crippen LogP contribution in [-0.2, 0) is 0 Å². The van der Waals surface area contributed by atoms with Gasteiger partial charge in [0.05, 0.1) is 6.54 Å². The van der Waals surface area contributed by atoms with Crippen molar-refractivity contribution in [3.05, 3.63) is 0 Å². The minimum absolute atomic E-state index is 0.437. The molecule has 2 nitrogen and oxygen atoms in total. The van der Waals surface area contributed by atoms with Crippen LogP contribution in [0.3, 0.4) is 0 Å². The Morgan fingerprint density at radius 2 is 1.50 bits per heavy atom. The van der Waals surface area contributed by atoms with Crippen molar-refractivity contribution in [3.63, 3.8) is 0 Å². The molecule has 0 spiro atoms. The topological polar surface area (TPSA) is 6.48 Å². The normalized spacial score (nSPS) is 13.0. The highest BCUT2D eigenvalue weighted by Crippen LogP contribution is 2.14. The summed E-state index contributed by atoms with van der Waals surface area (Å²) in [5.41, 5.74) is 0. The van der Waals surface area contributed by atoms with Gasteiger partial charge in [0.15, 0.2) is 0 Å². The van der Waals surface area contributed by atoms with Crippen molar-refractivity contribution in [2.45, 2.75) is 6.18 Å². The Morgan fingerprint density at radius 3 is 1.83 bits per heavy atom. The Balaban J connectivity index is 3.53. The second-order valence-electron chi connectivity index (χ2n) is 3.16. The van der Waals surface area contributed by atoms with E-state index >= 15 is 0 Å². The Labute approximate surface area is 70.9 Å². The summed E-state index contributed by atoms with van der Waals surface area (Å²) in [6, 6.07) is 0. The lowest BCUT2D eigenvalue weighted by atomic mass is 10.5. The van der Waals surface area contributed by atoms with Gasteiger partial charge in [-0.1, -0.05) is 0 Å². The molecule has 0 aliphatic heterocycles. The molecule has 74 valence electrons. The maximum Gasteiger partial charge on any atom is 0.401 e. The zero-order valence-corrected chi connectivity index (χ0v) is 7.65. The van der Waals surface area contributed by atoms with Gasteiger partial charge in [-0.05, 0) is 21.1 Å². The average Bonchev–Trinajstić information content (AvgIpc) is 1.79. The number of alkyl halides is 3. The molecule has 0 heterocycles. The Bertz CT molecular complexity index is 122. The number of hydrogen-bond donors (Lipinski definition) is 0. The standard InChI is InChI=1S/C7H15F3N2/c1-11(2)4-5-12(3)6-7(8,9)10/h4-6H2,1-3H3. The molecule has 0 aliphatic carbocycles. The summed E-state index contributed by atoms with van der Waals surface area (Å²) in [6.07, 6.45) is -4.08. The zero-order valence-electron chi connectivity index (χ0n) is 7.65. The zero-order chi connectivity index (χ0) is 9.78. The van der Waals surface area contributed by atoms with Gasteiger partial charge in [0, 0.05) is 13.1 Å². The highest BCUT2D eigenvalue weighted by Gasteiger charge is 2.28. The molecule has 0 aliphatic rings. The minimum atomic E-state index is -4.08. The molecule has 0 rings (SSSR count). The van der Waals surface area contributed by atoms with Crippen LogP contribution in [0.4, 0.5) is 13.2 Å². The molecule has 0 radical (unpaired) electrons. The Morgan fingerprint density at radius 1 is 1.00 bits per heavy atom. The van der Waals surface area contributed by atoms with Crippen molar-refractivity contribution < 1.29 is 13.2 Å². The van der Waals surface area contributed by atoms with Crippen LogP contribution >= 0.6 is 0 Å². The van der Waals surface area contributed by atoms with Crippen molar-refractivity contribution in [2.75, 3.05) is 40.8 Å². The fourth-order valence-corrected chi connectivity index (χ4v) is 0.756. The lowest BCUT2D eigenvalue weighted by molar-refractivity contribution is -0.143. The van der Waals surface area contributed by atoms with E-state index in [9.17, 15) is 13.2 Å². The molecule has 0 aromatic carbocycles. The molecule has 0 saturated carbocycles. The number of hydrogen-bond acceptors (Lipinski definition) is 2. The van der Waals surface area contributed by atoms with Gasteiger partial charge < -0.3 is 4.90 Å². The second-order valence-corrected chi connectivity index (χ2v) is 3.16. The van der Waals surface area contributed by atoms with Crippen molar-refractivity contribution in [1.29, 1.82) is 0 Å². The predicted molar refractivity (Wildman–Crippen MR) is 42.1 cm³/mol. The van der Waals surface area contributed by atoms with Crippen LogP contribution in [0.15, 0.2) is 0 Å². The number of nitrogens with zero attached hydrogens (tertiary/aromatic N) is 2. The van der Waals surface area contributed by atoms with Crippen LogP contribution in [0, 0.1) is 0 Å². The predicted octanol–water partition coefficient (Wildman–Crippen LogP) is 1.04. The first-order valence-corrected chi connectivity index (χ1v) is 3.71. The van der Waals surface area contributed by atoms with Gasteiger partial charge in [-0.3, -0.25) is 4.90 Å². The number of likely N-dealkylation sites (N-methyl/N-ethyl adjacent to an activating group) is 2.